The molecule has 0 atom stereocenters. The maximum Gasteiger partial charge on any atom is 0.210 e. The van der Waals surface area contributed by atoms with Crippen LogP contribution >= 0.6 is 34.4 Å². The largest absolute Gasteiger partial charge is 0.456 e. The van der Waals surface area contributed by atoms with Gasteiger partial charge in [-0.05, 0) is 48.9 Å². The van der Waals surface area contributed by atoms with Crippen LogP contribution in [0.15, 0.2) is 86.4 Å². The summed E-state index contributed by atoms with van der Waals surface area (Å²) in [4.78, 5) is 13.3. The van der Waals surface area contributed by atoms with Crippen LogP contribution in [0.1, 0.15) is 4.88 Å². The van der Waals surface area contributed by atoms with E-state index in [2.05, 4.69) is 55.0 Å². The molecule has 0 N–H and O–H groups in total. The number of thiazole rings is 1. The number of para-hydroxylation sites is 1. The molecule has 0 radical (unpaired) electrons. The van der Waals surface area contributed by atoms with Gasteiger partial charge in [0.1, 0.15) is 11.3 Å². The Hall–Kier alpha value is -2.67. The zero-order valence-corrected chi connectivity index (χ0v) is 18.9. The van der Waals surface area contributed by atoms with E-state index in [0.717, 1.165) is 38.5 Å². The Labute approximate surface area is 186 Å². The summed E-state index contributed by atoms with van der Waals surface area (Å²) in [5.41, 5.74) is 2.87. The van der Waals surface area contributed by atoms with Crippen molar-refractivity contribution in [1.82, 2.24) is 4.98 Å². The highest BCUT2D eigenvalue weighted by Gasteiger charge is 2.11. The van der Waals surface area contributed by atoms with Crippen molar-refractivity contribution in [3.63, 3.8) is 0 Å². The molecule has 0 aliphatic carbocycles. The number of nitrogens with zero attached hydrogens (tertiary/aromatic N) is 2. The molecule has 3 heterocycles. The summed E-state index contributed by atoms with van der Waals surface area (Å²) in [6, 6.07) is 22.6. The lowest BCUT2D eigenvalue weighted by molar-refractivity contribution is 0.618. The molecule has 3 aromatic heterocycles. The smallest absolute Gasteiger partial charge is 0.210 e. The third-order valence-electron chi connectivity index (χ3n) is 4.78. The maximum atomic E-state index is 6.21. The average Bonchev–Trinajstić information content (AvgIpc) is 3.43. The monoisotopic (exact) mass is 446 g/mol. The Morgan fingerprint density at radius 1 is 1.00 bits per heavy atom. The molecule has 0 amide bonds. The van der Waals surface area contributed by atoms with Crippen LogP contribution in [-0.4, -0.2) is 11.2 Å². The molecule has 30 heavy (non-hydrogen) atoms. The molecular weight excluding hydrogens is 428 g/mol. The lowest BCUT2D eigenvalue weighted by Crippen LogP contribution is -2.02. The van der Waals surface area contributed by atoms with Gasteiger partial charge in [0.05, 0.1) is 15.9 Å². The zero-order valence-electron chi connectivity index (χ0n) is 16.5. The Balaban J connectivity index is 1.67. The van der Waals surface area contributed by atoms with Crippen LogP contribution in [-0.2, 0) is 0 Å². The zero-order chi connectivity index (χ0) is 20.5. The van der Waals surface area contributed by atoms with Crippen LogP contribution in [0.5, 0.6) is 0 Å². The molecule has 0 saturated carbocycles. The molecule has 0 unspecified atom stereocenters. The van der Waals surface area contributed by atoms with Gasteiger partial charge in [-0.15, -0.1) is 23.1 Å². The first-order chi connectivity index (χ1) is 14.7. The van der Waals surface area contributed by atoms with E-state index < -0.39 is 0 Å². The van der Waals surface area contributed by atoms with Gasteiger partial charge in [0.25, 0.3) is 0 Å². The molecule has 0 bridgehead atoms. The molecule has 3 nitrogen and oxygen atoms in total. The number of hydrogen-bond acceptors (Lipinski definition) is 6. The fraction of sp³-hybridized carbons (Fsp3) is 0.0833. The second-order valence-corrected chi connectivity index (χ2v) is 9.72. The van der Waals surface area contributed by atoms with Crippen LogP contribution in [0.4, 0.5) is 5.13 Å². The molecule has 0 aliphatic rings. The predicted molar refractivity (Wildman–Crippen MR) is 129 cm³/mol. The van der Waals surface area contributed by atoms with Gasteiger partial charge < -0.3 is 4.42 Å². The highest BCUT2D eigenvalue weighted by atomic mass is 32.2. The van der Waals surface area contributed by atoms with Gasteiger partial charge >= 0.3 is 0 Å². The van der Waals surface area contributed by atoms with Crippen LogP contribution in [0.2, 0.25) is 0 Å². The van der Waals surface area contributed by atoms with Gasteiger partial charge in [-0.25, -0.2) is 9.98 Å². The molecule has 0 saturated heterocycles. The summed E-state index contributed by atoms with van der Waals surface area (Å²) < 4.78 is 6.21. The fourth-order valence-electron chi connectivity index (χ4n) is 3.28. The van der Waals surface area contributed by atoms with Crippen LogP contribution in [0, 0.1) is 6.92 Å². The standard InChI is InChI=1S/C24H18N2OS3/c1-15-23(22-8-5-13-29-22)26-24(30-15)25-19-14-21(16-9-11-17(28-2)12-10-16)27-20-7-4-3-6-18(19)20/h3-14H,1-2H3/b25-19+. The van der Waals surface area contributed by atoms with Crippen molar-refractivity contribution in [2.24, 2.45) is 4.99 Å². The first kappa shape index (κ1) is 19.3. The Bertz CT molecular complexity index is 1380. The van der Waals surface area contributed by atoms with E-state index in [0.29, 0.717) is 0 Å². The van der Waals surface area contributed by atoms with Crippen molar-refractivity contribution in [2.75, 3.05) is 6.26 Å². The topological polar surface area (TPSA) is 38.4 Å². The number of hydrogen-bond donors (Lipinski definition) is 0. The normalized spacial score (nSPS) is 12.0. The van der Waals surface area contributed by atoms with Crippen molar-refractivity contribution in [3.8, 4) is 21.9 Å². The van der Waals surface area contributed by atoms with Gasteiger partial charge in [0.15, 0.2) is 0 Å². The molecule has 2 aromatic carbocycles. The molecule has 148 valence electrons. The van der Waals surface area contributed by atoms with Crippen LogP contribution in [0.3, 0.4) is 0 Å². The lowest BCUT2D eigenvalue weighted by Gasteiger charge is -2.05. The third-order valence-corrected chi connectivity index (χ3v) is 7.27. The van der Waals surface area contributed by atoms with Crippen LogP contribution < -0.4 is 5.36 Å². The molecule has 6 heteroatoms. The van der Waals surface area contributed by atoms with Crippen molar-refractivity contribution in [1.29, 1.82) is 0 Å². The third kappa shape index (κ3) is 3.74. The van der Waals surface area contributed by atoms with Crippen molar-refractivity contribution >= 4 is 50.5 Å². The minimum atomic E-state index is 0.760. The summed E-state index contributed by atoms with van der Waals surface area (Å²) in [6.45, 7) is 2.10. The molecule has 0 spiro atoms. The van der Waals surface area contributed by atoms with Crippen molar-refractivity contribution < 1.29 is 4.42 Å². The number of aromatic nitrogens is 1. The first-order valence-electron chi connectivity index (χ1n) is 9.44. The van der Waals surface area contributed by atoms with Gasteiger partial charge in [-0.2, -0.15) is 0 Å². The summed E-state index contributed by atoms with van der Waals surface area (Å²) in [5, 5.41) is 4.68. The molecule has 0 aliphatic heterocycles. The van der Waals surface area contributed by atoms with Gasteiger partial charge in [-0.1, -0.05) is 41.7 Å². The van der Waals surface area contributed by atoms with Crippen molar-refractivity contribution in [2.45, 2.75) is 11.8 Å². The summed E-state index contributed by atoms with van der Waals surface area (Å²) in [5.74, 6) is 0.798. The SMILES string of the molecule is CSc1ccc(-c2c/c(=N\c3nc(-c4cccs4)c(C)s3)c3ccccc3o2)cc1. The van der Waals surface area contributed by atoms with E-state index in [1.54, 1.807) is 34.4 Å². The highest BCUT2D eigenvalue weighted by molar-refractivity contribution is 7.98. The summed E-state index contributed by atoms with van der Waals surface area (Å²) >= 11 is 5.05. The molecule has 5 aromatic rings. The number of rotatable bonds is 4. The van der Waals surface area contributed by atoms with E-state index in [1.807, 2.05) is 30.3 Å². The van der Waals surface area contributed by atoms with E-state index >= 15 is 0 Å². The summed E-state index contributed by atoms with van der Waals surface area (Å²) in [6.07, 6.45) is 2.08. The Kier molecular flexibility index (Phi) is 5.29. The van der Waals surface area contributed by atoms with Gasteiger partial charge in [0, 0.05) is 26.8 Å². The van der Waals surface area contributed by atoms with Crippen molar-refractivity contribution in [3.05, 3.63) is 82.3 Å². The number of thioether (sulfide) groups is 1. The number of fused-ring (bicyclic) bond motifs is 1. The first-order valence-corrected chi connectivity index (χ1v) is 12.4. The van der Waals surface area contributed by atoms with Gasteiger partial charge in [0.2, 0.25) is 5.13 Å². The second-order valence-electron chi connectivity index (χ2n) is 6.71. The summed E-state index contributed by atoms with van der Waals surface area (Å²) in [7, 11) is 0. The second kappa shape index (κ2) is 8.22. The minimum Gasteiger partial charge on any atom is -0.456 e. The Morgan fingerprint density at radius 3 is 2.60 bits per heavy atom. The number of thiophene rings is 1. The van der Waals surface area contributed by atoms with E-state index in [1.165, 1.54) is 14.6 Å². The van der Waals surface area contributed by atoms with E-state index in [9.17, 15) is 0 Å². The quantitative estimate of drug-likeness (QED) is 0.268. The lowest BCUT2D eigenvalue weighted by atomic mass is 10.1. The highest BCUT2D eigenvalue weighted by Crippen LogP contribution is 2.34. The number of aryl methyl sites for hydroxylation is 1. The number of benzene rings is 2. The predicted octanol–water partition coefficient (Wildman–Crippen LogP) is 7.55. The molecular formula is C24H18N2OS3. The Morgan fingerprint density at radius 2 is 1.83 bits per heavy atom. The van der Waals surface area contributed by atoms with E-state index in [-0.39, 0.29) is 0 Å². The van der Waals surface area contributed by atoms with E-state index in [4.69, 9.17) is 14.4 Å². The van der Waals surface area contributed by atoms with Crippen LogP contribution in [0.25, 0.3) is 32.9 Å². The average molecular weight is 447 g/mol. The molecule has 5 rings (SSSR count). The fourth-order valence-corrected chi connectivity index (χ4v) is 5.33. The molecule has 0 fully saturated rings. The maximum absolute atomic E-state index is 6.21. The van der Waals surface area contributed by atoms with Gasteiger partial charge in [-0.3, -0.25) is 0 Å². The minimum absolute atomic E-state index is 0.760.